The minimum Gasteiger partial charge on any atom is -0.545 e. The standard InChI is InChI=1S/C19H17NO3/c1-3-23-17-10-5-4-8-14(17)16-11-15(19(21)22)13-9-6-7-12(2)18(13)20-16/h4-11H,3H2,1-2H3,(H,21,22)/p-1. The molecule has 0 fully saturated rings. The van der Waals surface area contributed by atoms with Crippen LogP contribution >= 0.6 is 0 Å². The number of aromatic nitrogens is 1. The zero-order valence-electron chi connectivity index (χ0n) is 13.0. The number of aryl methyl sites for hydroxylation is 1. The van der Waals surface area contributed by atoms with Crippen molar-refractivity contribution in [2.24, 2.45) is 0 Å². The van der Waals surface area contributed by atoms with E-state index in [4.69, 9.17) is 4.74 Å². The van der Waals surface area contributed by atoms with Crippen LogP contribution < -0.4 is 9.84 Å². The molecule has 4 heteroatoms. The van der Waals surface area contributed by atoms with Gasteiger partial charge in [0.1, 0.15) is 5.75 Å². The normalized spacial score (nSPS) is 10.7. The summed E-state index contributed by atoms with van der Waals surface area (Å²) in [4.78, 5) is 16.2. The van der Waals surface area contributed by atoms with E-state index >= 15 is 0 Å². The number of nitrogens with zero attached hydrogens (tertiary/aromatic N) is 1. The van der Waals surface area contributed by atoms with Gasteiger partial charge in [0.15, 0.2) is 0 Å². The molecule has 0 aliphatic rings. The maximum atomic E-state index is 11.6. The quantitative estimate of drug-likeness (QED) is 0.743. The molecular weight excluding hydrogens is 290 g/mol. The first-order valence-electron chi connectivity index (χ1n) is 7.45. The minimum atomic E-state index is -1.21. The topological polar surface area (TPSA) is 62.2 Å². The first-order valence-corrected chi connectivity index (χ1v) is 7.45. The average molecular weight is 306 g/mol. The molecule has 4 nitrogen and oxygen atoms in total. The van der Waals surface area contributed by atoms with Crippen molar-refractivity contribution in [1.29, 1.82) is 0 Å². The fourth-order valence-electron chi connectivity index (χ4n) is 2.66. The van der Waals surface area contributed by atoms with Gasteiger partial charge in [0.05, 0.1) is 23.8 Å². The highest BCUT2D eigenvalue weighted by Gasteiger charge is 2.13. The Morgan fingerprint density at radius 2 is 1.96 bits per heavy atom. The van der Waals surface area contributed by atoms with Gasteiger partial charge in [0, 0.05) is 16.5 Å². The number of rotatable bonds is 4. The van der Waals surface area contributed by atoms with E-state index in [-0.39, 0.29) is 5.56 Å². The van der Waals surface area contributed by atoms with Crippen molar-refractivity contribution in [3.8, 4) is 17.0 Å². The van der Waals surface area contributed by atoms with Crippen LogP contribution in [0.15, 0.2) is 48.5 Å². The molecule has 23 heavy (non-hydrogen) atoms. The SMILES string of the molecule is CCOc1ccccc1-c1cc(C(=O)[O-])c2cccc(C)c2n1. The van der Waals surface area contributed by atoms with Gasteiger partial charge in [-0.25, -0.2) is 4.98 Å². The Morgan fingerprint density at radius 1 is 1.17 bits per heavy atom. The maximum Gasteiger partial charge on any atom is 0.128 e. The first kappa shape index (κ1) is 15.0. The van der Waals surface area contributed by atoms with Gasteiger partial charge in [-0.1, -0.05) is 30.3 Å². The molecule has 0 saturated carbocycles. The Hall–Kier alpha value is -2.88. The van der Waals surface area contributed by atoms with Crippen molar-refractivity contribution in [3.05, 3.63) is 59.7 Å². The van der Waals surface area contributed by atoms with Gasteiger partial charge >= 0.3 is 0 Å². The highest BCUT2D eigenvalue weighted by Crippen LogP contribution is 2.32. The molecule has 0 radical (unpaired) electrons. The summed E-state index contributed by atoms with van der Waals surface area (Å²) in [5, 5.41) is 12.1. The van der Waals surface area contributed by atoms with E-state index in [1.54, 1.807) is 12.1 Å². The molecule has 0 N–H and O–H groups in total. The molecule has 0 atom stereocenters. The Labute approximate surface area is 134 Å². The van der Waals surface area contributed by atoms with Crippen molar-refractivity contribution < 1.29 is 14.6 Å². The number of carbonyl (C=O) groups is 1. The lowest BCUT2D eigenvalue weighted by molar-refractivity contribution is -0.254. The van der Waals surface area contributed by atoms with Crippen LogP contribution in [0.4, 0.5) is 0 Å². The zero-order valence-corrected chi connectivity index (χ0v) is 13.0. The van der Waals surface area contributed by atoms with E-state index in [1.807, 2.05) is 50.2 Å². The van der Waals surface area contributed by atoms with Gasteiger partial charge in [-0.05, 0) is 37.6 Å². The molecule has 116 valence electrons. The Kier molecular flexibility index (Phi) is 3.98. The number of hydrogen-bond acceptors (Lipinski definition) is 4. The number of carbonyl (C=O) groups excluding carboxylic acids is 1. The lowest BCUT2D eigenvalue weighted by Gasteiger charge is -2.14. The summed E-state index contributed by atoms with van der Waals surface area (Å²) in [5.41, 5.74) is 3.05. The molecular formula is C19H16NO3-. The third-order valence-electron chi connectivity index (χ3n) is 3.72. The van der Waals surface area contributed by atoms with E-state index in [9.17, 15) is 9.90 Å². The zero-order chi connectivity index (χ0) is 16.4. The minimum absolute atomic E-state index is 0.139. The van der Waals surface area contributed by atoms with Crippen molar-refractivity contribution in [3.63, 3.8) is 0 Å². The van der Waals surface area contributed by atoms with Crippen LogP contribution in [0.2, 0.25) is 0 Å². The largest absolute Gasteiger partial charge is 0.545 e. The smallest absolute Gasteiger partial charge is 0.128 e. The fraction of sp³-hybridized carbons (Fsp3) is 0.158. The molecule has 0 unspecified atom stereocenters. The molecule has 3 rings (SSSR count). The number of para-hydroxylation sites is 2. The van der Waals surface area contributed by atoms with E-state index < -0.39 is 5.97 Å². The summed E-state index contributed by atoms with van der Waals surface area (Å²) in [6, 6.07) is 14.5. The van der Waals surface area contributed by atoms with Crippen LogP contribution in [0, 0.1) is 6.92 Å². The Bertz CT molecular complexity index is 887. The van der Waals surface area contributed by atoms with E-state index in [0.29, 0.717) is 29.0 Å². The van der Waals surface area contributed by atoms with Gasteiger partial charge in [-0.2, -0.15) is 0 Å². The number of pyridine rings is 1. The monoisotopic (exact) mass is 306 g/mol. The molecule has 1 heterocycles. The molecule has 2 aromatic carbocycles. The number of hydrogen-bond donors (Lipinski definition) is 0. The van der Waals surface area contributed by atoms with E-state index in [2.05, 4.69) is 4.98 Å². The number of aromatic carboxylic acids is 1. The molecule has 0 bridgehead atoms. The Morgan fingerprint density at radius 3 is 2.70 bits per heavy atom. The molecule has 0 spiro atoms. The van der Waals surface area contributed by atoms with Crippen LogP contribution in [0.3, 0.4) is 0 Å². The van der Waals surface area contributed by atoms with Gasteiger partial charge in [-0.15, -0.1) is 0 Å². The summed E-state index contributed by atoms with van der Waals surface area (Å²) in [5.74, 6) is -0.530. The summed E-state index contributed by atoms with van der Waals surface area (Å²) < 4.78 is 5.63. The fourth-order valence-corrected chi connectivity index (χ4v) is 2.66. The average Bonchev–Trinajstić information content (AvgIpc) is 2.55. The Balaban J connectivity index is 2.31. The van der Waals surface area contributed by atoms with E-state index in [0.717, 1.165) is 11.1 Å². The highest BCUT2D eigenvalue weighted by atomic mass is 16.5. The summed E-state index contributed by atoms with van der Waals surface area (Å²) in [6.45, 7) is 4.34. The predicted molar refractivity (Wildman–Crippen MR) is 87.4 cm³/mol. The van der Waals surface area contributed by atoms with Crippen LogP contribution in [0.25, 0.3) is 22.2 Å². The van der Waals surface area contributed by atoms with Gasteiger partial charge in [-0.3, -0.25) is 0 Å². The van der Waals surface area contributed by atoms with Gasteiger partial charge in [0.2, 0.25) is 0 Å². The van der Waals surface area contributed by atoms with Crippen LogP contribution in [-0.4, -0.2) is 17.6 Å². The molecule has 0 aliphatic carbocycles. The molecule has 0 amide bonds. The maximum absolute atomic E-state index is 11.6. The second-order valence-electron chi connectivity index (χ2n) is 5.24. The second-order valence-corrected chi connectivity index (χ2v) is 5.24. The third kappa shape index (κ3) is 2.75. The molecule has 1 aromatic heterocycles. The lowest BCUT2D eigenvalue weighted by atomic mass is 10.0. The summed E-state index contributed by atoms with van der Waals surface area (Å²) in [7, 11) is 0. The van der Waals surface area contributed by atoms with Crippen LogP contribution in [-0.2, 0) is 0 Å². The first-order chi connectivity index (χ1) is 11.1. The summed E-state index contributed by atoms with van der Waals surface area (Å²) in [6.07, 6.45) is 0. The van der Waals surface area contributed by atoms with Crippen molar-refractivity contribution in [2.75, 3.05) is 6.61 Å². The van der Waals surface area contributed by atoms with Crippen molar-refractivity contribution in [1.82, 2.24) is 4.98 Å². The van der Waals surface area contributed by atoms with Gasteiger partial charge < -0.3 is 14.6 Å². The summed E-state index contributed by atoms with van der Waals surface area (Å²) >= 11 is 0. The second kappa shape index (κ2) is 6.08. The number of ether oxygens (including phenoxy) is 1. The molecule has 0 saturated heterocycles. The van der Waals surface area contributed by atoms with Gasteiger partial charge in [0.25, 0.3) is 0 Å². The van der Waals surface area contributed by atoms with E-state index in [1.165, 1.54) is 0 Å². The van der Waals surface area contributed by atoms with Crippen LogP contribution in [0.1, 0.15) is 22.8 Å². The predicted octanol–water partition coefficient (Wildman–Crippen LogP) is 2.97. The number of fused-ring (bicyclic) bond motifs is 1. The molecule has 0 aliphatic heterocycles. The van der Waals surface area contributed by atoms with Crippen molar-refractivity contribution in [2.45, 2.75) is 13.8 Å². The number of carboxylic acids is 1. The van der Waals surface area contributed by atoms with Crippen LogP contribution in [0.5, 0.6) is 5.75 Å². The van der Waals surface area contributed by atoms with Crippen molar-refractivity contribution >= 4 is 16.9 Å². The molecule has 3 aromatic rings. The number of benzene rings is 2. The lowest BCUT2D eigenvalue weighted by Crippen LogP contribution is -2.22. The third-order valence-corrected chi connectivity index (χ3v) is 3.72. The number of carboxylic acid groups (broad SMARTS) is 1. The highest BCUT2D eigenvalue weighted by molar-refractivity contribution is 6.03.